The van der Waals surface area contributed by atoms with Crippen molar-refractivity contribution in [1.29, 1.82) is 0 Å². The van der Waals surface area contributed by atoms with E-state index in [4.69, 9.17) is 4.98 Å². The van der Waals surface area contributed by atoms with Crippen molar-refractivity contribution in [3.8, 4) is 21.1 Å². The zero-order chi connectivity index (χ0) is 18.9. The molecule has 1 aliphatic heterocycles. The number of nitrogens with one attached hydrogen (secondary N) is 2. The topological polar surface area (TPSA) is 62.7 Å². The normalized spacial score (nSPS) is 18.7. The summed E-state index contributed by atoms with van der Waals surface area (Å²) in [6, 6.07) is 12.4. The summed E-state index contributed by atoms with van der Waals surface area (Å²) in [5.41, 5.74) is 2.98. The Morgan fingerprint density at radius 3 is 2.63 bits per heavy atom. The van der Waals surface area contributed by atoms with Gasteiger partial charge in [-0.25, -0.2) is 9.97 Å². The first-order chi connectivity index (χ1) is 13.0. The summed E-state index contributed by atoms with van der Waals surface area (Å²) in [5, 5.41) is 6.93. The van der Waals surface area contributed by atoms with Crippen molar-refractivity contribution in [2.45, 2.75) is 38.3 Å². The molecule has 2 N–H and O–H groups in total. The van der Waals surface area contributed by atoms with Gasteiger partial charge in [0.25, 0.3) is 0 Å². The molecule has 0 aliphatic carbocycles. The number of pyridine rings is 1. The zero-order valence-electron chi connectivity index (χ0n) is 15.6. The van der Waals surface area contributed by atoms with E-state index in [1.54, 1.807) is 11.3 Å². The van der Waals surface area contributed by atoms with Gasteiger partial charge in [-0.1, -0.05) is 12.6 Å². The Morgan fingerprint density at radius 2 is 1.89 bits per heavy atom. The summed E-state index contributed by atoms with van der Waals surface area (Å²) >= 11 is 1.69. The monoisotopic (exact) mass is 377 g/mol. The molecule has 1 unspecified atom stereocenters. The molecule has 1 fully saturated rings. The third-order valence-corrected chi connectivity index (χ3v) is 5.66. The Morgan fingerprint density at radius 1 is 1.07 bits per heavy atom. The van der Waals surface area contributed by atoms with Crippen molar-refractivity contribution in [2.24, 2.45) is 0 Å². The van der Waals surface area contributed by atoms with E-state index in [2.05, 4.69) is 53.2 Å². The van der Waals surface area contributed by atoms with Crippen molar-refractivity contribution >= 4 is 17.3 Å². The van der Waals surface area contributed by atoms with E-state index in [-0.39, 0.29) is 11.6 Å². The summed E-state index contributed by atoms with van der Waals surface area (Å²) < 4.78 is 0. The highest BCUT2D eigenvalue weighted by Crippen LogP contribution is 2.33. The van der Waals surface area contributed by atoms with Crippen LogP contribution in [0.1, 0.15) is 26.7 Å². The molecule has 1 saturated heterocycles. The Labute approximate surface area is 163 Å². The standard InChI is InChI=1S/C21H23N5S/c1-14-12-15(13-21(2,3)26-14)24-20-23-11-9-17(25-20)19-8-7-18(27-19)16-6-4-5-10-22-16/h4-11,15,26H,1,12-13H2,2-3H3,(H,23,24,25). The number of hydrogen-bond acceptors (Lipinski definition) is 6. The smallest absolute Gasteiger partial charge is 0.223 e. The van der Waals surface area contributed by atoms with Gasteiger partial charge < -0.3 is 10.6 Å². The van der Waals surface area contributed by atoms with Crippen molar-refractivity contribution in [3.63, 3.8) is 0 Å². The molecule has 1 aliphatic rings. The zero-order valence-corrected chi connectivity index (χ0v) is 16.4. The molecule has 4 heterocycles. The van der Waals surface area contributed by atoms with E-state index in [0.29, 0.717) is 5.95 Å². The lowest BCUT2D eigenvalue weighted by Crippen LogP contribution is -2.48. The fourth-order valence-electron chi connectivity index (χ4n) is 3.54. The molecule has 27 heavy (non-hydrogen) atoms. The molecular formula is C21H23N5S. The van der Waals surface area contributed by atoms with E-state index in [0.717, 1.165) is 39.7 Å². The van der Waals surface area contributed by atoms with Crippen LogP contribution < -0.4 is 10.6 Å². The number of nitrogens with zero attached hydrogens (tertiary/aromatic N) is 3. The van der Waals surface area contributed by atoms with Crippen LogP contribution in [0, 0.1) is 0 Å². The van der Waals surface area contributed by atoms with Crippen molar-refractivity contribution in [1.82, 2.24) is 20.3 Å². The lowest BCUT2D eigenvalue weighted by atomic mass is 9.88. The minimum absolute atomic E-state index is 0.0238. The molecule has 0 saturated carbocycles. The van der Waals surface area contributed by atoms with Crippen molar-refractivity contribution in [3.05, 3.63) is 61.1 Å². The molecule has 6 heteroatoms. The Bertz CT molecular complexity index is 948. The molecule has 0 aromatic carbocycles. The van der Waals surface area contributed by atoms with Crippen LogP contribution in [0.5, 0.6) is 0 Å². The van der Waals surface area contributed by atoms with E-state index in [9.17, 15) is 0 Å². The summed E-state index contributed by atoms with van der Waals surface area (Å²) in [7, 11) is 0. The molecule has 0 radical (unpaired) electrons. The average molecular weight is 378 g/mol. The van der Waals surface area contributed by atoms with Gasteiger partial charge in [0.2, 0.25) is 5.95 Å². The maximum atomic E-state index is 4.73. The summed E-state index contributed by atoms with van der Waals surface area (Å²) in [6.45, 7) is 8.48. The SMILES string of the molecule is C=C1CC(Nc2nccc(-c3ccc(-c4ccccn4)s3)n2)CC(C)(C)N1. The van der Waals surface area contributed by atoms with Gasteiger partial charge >= 0.3 is 0 Å². The lowest BCUT2D eigenvalue weighted by Gasteiger charge is -2.38. The highest BCUT2D eigenvalue weighted by atomic mass is 32.1. The first-order valence-corrected chi connectivity index (χ1v) is 9.87. The third kappa shape index (κ3) is 4.17. The van der Waals surface area contributed by atoms with Crippen LogP contribution in [0.25, 0.3) is 21.1 Å². The largest absolute Gasteiger partial charge is 0.384 e. The van der Waals surface area contributed by atoms with Gasteiger partial charge in [0.15, 0.2) is 0 Å². The first-order valence-electron chi connectivity index (χ1n) is 9.06. The van der Waals surface area contributed by atoms with Gasteiger partial charge in [0.1, 0.15) is 0 Å². The van der Waals surface area contributed by atoms with Crippen LogP contribution in [-0.4, -0.2) is 26.5 Å². The predicted molar refractivity (Wildman–Crippen MR) is 112 cm³/mol. The molecule has 138 valence electrons. The van der Waals surface area contributed by atoms with Crippen LogP contribution in [0.3, 0.4) is 0 Å². The molecule has 3 aromatic rings. The minimum Gasteiger partial charge on any atom is -0.384 e. The fourth-order valence-corrected chi connectivity index (χ4v) is 4.49. The molecule has 3 aromatic heterocycles. The van der Waals surface area contributed by atoms with Crippen LogP contribution in [0.15, 0.2) is 61.1 Å². The molecule has 4 rings (SSSR count). The van der Waals surface area contributed by atoms with Crippen LogP contribution >= 0.6 is 11.3 Å². The quantitative estimate of drug-likeness (QED) is 0.689. The third-order valence-electron chi connectivity index (χ3n) is 4.53. The maximum absolute atomic E-state index is 4.73. The van der Waals surface area contributed by atoms with E-state index >= 15 is 0 Å². The molecule has 5 nitrogen and oxygen atoms in total. The van der Waals surface area contributed by atoms with Gasteiger partial charge in [-0.2, -0.15) is 0 Å². The number of anilines is 1. The van der Waals surface area contributed by atoms with Crippen molar-refractivity contribution in [2.75, 3.05) is 5.32 Å². The van der Waals surface area contributed by atoms with Crippen molar-refractivity contribution < 1.29 is 0 Å². The van der Waals surface area contributed by atoms with Crippen LogP contribution in [-0.2, 0) is 0 Å². The molecule has 0 amide bonds. The Balaban J connectivity index is 1.53. The molecule has 0 spiro atoms. The van der Waals surface area contributed by atoms with Gasteiger partial charge in [0, 0.05) is 36.1 Å². The fraction of sp³-hybridized carbons (Fsp3) is 0.286. The summed E-state index contributed by atoms with van der Waals surface area (Å²) in [6.07, 6.45) is 5.49. The molecule has 1 atom stereocenters. The molecular weight excluding hydrogens is 354 g/mol. The van der Waals surface area contributed by atoms with Crippen LogP contribution in [0.2, 0.25) is 0 Å². The van der Waals surface area contributed by atoms with Gasteiger partial charge in [-0.15, -0.1) is 11.3 Å². The average Bonchev–Trinajstić information content (AvgIpc) is 3.11. The number of piperidine rings is 1. The number of hydrogen-bond donors (Lipinski definition) is 2. The predicted octanol–water partition coefficient (Wildman–Crippen LogP) is 4.72. The summed E-state index contributed by atoms with van der Waals surface area (Å²) in [5.74, 6) is 0.663. The number of aromatic nitrogens is 3. The molecule has 0 bridgehead atoms. The number of rotatable bonds is 4. The van der Waals surface area contributed by atoms with E-state index in [1.807, 2.05) is 36.7 Å². The first kappa shape index (κ1) is 17.7. The van der Waals surface area contributed by atoms with Gasteiger partial charge in [-0.05, 0) is 50.6 Å². The van der Waals surface area contributed by atoms with E-state index in [1.165, 1.54) is 0 Å². The highest BCUT2D eigenvalue weighted by molar-refractivity contribution is 7.18. The second-order valence-corrected chi connectivity index (χ2v) is 8.59. The lowest BCUT2D eigenvalue weighted by molar-refractivity contribution is 0.324. The van der Waals surface area contributed by atoms with Crippen LogP contribution in [0.4, 0.5) is 5.95 Å². The number of thiophene rings is 1. The minimum atomic E-state index is 0.0238. The second kappa shape index (κ2) is 7.12. The van der Waals surface area contributed by atoms with E-state index < -0.39 is 0 Å². The summed E-state index contributed by atoms with van der Waals surface area (Å²) in [4.78, 5) is 15.8. The Kier molecular flexibility index (Phi) is 4.66. The highest BCUT2D eigenvalue weighted by Gasteiger charge is 2.29. The van der Waals surface area contributed by atoms with Gasteiger partial charge in [-0.3, -0.25) is 4.98 Å². The second-order valence-electron chi connectivity index (χ2n) is 7.51. The maximum Gasteiger partial charge on any atom is 0.223 e. The van der Waals surface area contributed by atoms with Gasteiger partial charge in [0.05, 0.1) is 21.1 Å². The Hall–Kier alpha value is -2.73.